The van der Waals surface area contributed by atoms with Gasteiger partial charge < -0.3 is 0 Å². The standard InChI is InChI=1S/C12H25N.C2H6/c1-9(2)13-8-11(4)6-10(3)7-12(13)5;1-2/h9-12H,6-8H2,1-5H3;1-2H3/t10?,11-,12+;/m0./s1. The van der Waals surface area contributed by atoms with Gasteiger partial charge in [0.1, 0.15) is 0 Å². The summed E-state index contributed by atoms with van der Waals surface area (Å²) in [6.07, 6.45) is 2.79. The second-order valence-electron chi connectivity index (χ2n) is 5.32. The Bertz CT molecular complexity index is 153. The van der Waals surface area contributed by atoms with Crippen molar-refractivity contribution >= 4 is 0 Å². The maximum absolute atomic E-state index is 2.66. The molecule has 0 aliphatic carbocycles. The summed E-state index contributed by atoms with van der Waals surface area (Å²) in [6, 6.07) is 1.49. The van der Waals surface area contributed by atoms with Crippen molar-refractivity contribution in [2.75, 3.05) is 6.54 Å². The molecule has 0 spiro atoms. The molecule has 0 N–H and O–H groups in total. The quantitative estimate of drug-likeness (QED) is 0.631. The molecule has 1 rings (SSSR count). The van der Waals surface area contributed by atoms with E-state index < -0.39 is 0 Å². The van der Waals surface area contributed by atoms with E-state index in [9.17, 15) is 0 Å². The Kier molecular flexibility index (Phi) is 7.25. The van der Waals surface area contributed by atoms with Crippen LogP contribution in [0.3, 0.4) is 0 Å². The predicted octanol–water partition coefficient (Wildman–Crippen LogP) is 4.18. The normalized spacial score (nSPS) is 33.2. The molecule has 15 heavy (non-hydrogen) atoms. The van der Waals surface area contributed by atoms with Gasteiger partial charge in [-0.15, -0.1) is 0 Å². The van der Waals surface area contributed by atoms with Crippen LogP contribution >= 0.6 is 0 Å². The van der Waals surface area contributed by atoms with Gasteiger partial charge >= 0.3 is 0 Å². The van der Waals surface area contributed by atoms with Crippen molar-refractivity contribution in [1.82, 2.24) is 4.90 Å². The van der Waals surface area contributed by atoms with Crippen LogP contribution in [0.4, 0.5) is 0 Å². The van der Waals surface area contributed by atoms with E-state index in [4.69, 9.17) is 0 Å². The molecular weight excluding hydrogens is 182 g/mol. The highest BCUT2D eigenvalue weighted by molar-refractivity contribution is 4.79. The lowest BCUT2D eigenvalue weighted by molar-refractivity contribution is 0.150. The molecule has 0 saturated carbocycles. The van der Waals surface area contributed by atoms with E-state index in [-0.39, 0.29) is 0 Å². The summed E-state index contributed by atoms with van der Waals surface area (Å²) >= 11 is 0. The molecule has 1 saturated heterocycles. The molecule has 0 amide bonds. The summed E-state index contributed by atoms with van der Waals surface area (Å²) in [4.78, 5) is 2.66. The van der Waals surface area contributed by atoms with Gasteiger partial charge in [-0.1, -0.05) is 27.7 Å². The summed E-state index contributed by atoms with van der Waals surface area (Å²) in [5.41, 5.74) is 0. The predicted molar refractivity (Wildman–Crippen MR) is 70.2 cm³/mol. The molecule has 1 fully saturated rings. The Morgan fingerprint density at radius 1 is 0.933 bits per heavy atom. The Hall–Kier alpha value is -0.0400. The highest BCUT2D eigenvalue weighted by atomic mass is 15.2. The van der Waals surface area contributed by atoms with Crippen LogP contribution in [0, 0.1) is 11.8 Å². The minimum atomic E-state index is 0.711. The lowest BCUT2D eigenvalue weighted by Gasteiger charge is -2.32. The Balaban J connectivity index is 0.000000921. The third-order valence-electron chi connectivity index (χ3n) is 3.30. The zero-order valence-corrected chi connectivity index (χ0v) is 11.9. The monoisotopic (exact) mass is 213 g/mol. The molecule has 1 unspecified atom stereocenters. The third-order valence-corrected chi connectivity index (χ3v) is 3.30. The fraction of sp³-hybridized carbons (Fsp3) is 1.00. The second-order valence-corrected chi connectivity index (χ2v) is 5.32. The smallest absolute Gasteiger partial charge is 0.00722 e. The van der Waals surface area contributed by atoms with Crippen molar-refractivity contribution in [2.45, 2.75) is 73.4 Å². The lowest BCUT2D eigenvalue weighted by Crippen LogP contribution is -2.39. The first-order chi connectivity index (χ1) is 7.00. The maximum atomic E-state index is 2.66. The van der Waals surface area contributed by atoms with Crippen molar-refractivity contribution < 1.29 is 0 Å². The first-order valence-corrected chi connectivity index (χ1v) is 6.76. The van der Waals surface area contributed by atoms with E-state index in [1.807, 2.05) is 13.8 Å². The minimum absolute atomic E-state index is 0.711. The first kappa shape index (κ1) is 15.0. The fourth-order valence-electron chi connectivity index (χ4n) is 2.83. The largest absolute Gasteiger partial charge is 0.298 e. The summed E-state index contributed by atoms with van der Waals surface area (Å²) in [5, 5.41) is 0. The van der Waals surface area contributed by atoms with E-state index in [2.05, 4.69) is 39.5 Å². The summed E-state index contributed by atoms with van der Waals surface area (Å²) in [5.74, 6) is 1.79. The molecule has 1 nitrogen and oxygen atoms in total. The van der Waals surface area contributed by atoms with Crippen LogP contribution in [0.15, 0.2) is 0 Å². The van der Waals surface area contributed by atoms with Crippen LogP contribution in [0.2, 0.25) is 0 Å². The van der Waals surface area contributed by atoms with Crippen LogP contribution in [0.5, 0.6) is 0 Å². The van der Waals surface area contributed by atoms with Crippen molar-refractivity contribution in [1.29, 1.82) is 0 Å². The average Bonchev–Trinajstić information content (AvgIpc) is 2.27. The number of nitrogens with zero attached hydrogens (tertiary/aromatic N) is 1. The topological polar surface area (TPSA) is 3.24 Å². The van der Waals surface area contributed by atoms with Gasteiger partial charge in [-0.25, -0.2) is 0 Å². The summed E-state index contributed by atoms with van der Waals surface area (Å²) < 4.78 is 0. The first-order valence-electron chi connectivity index (χ1n) is 6.76. The van der Waals surface area contributed by atoms with E-state index in [0.29, 0.717) is 6.04 Å². The molecule has 1 heteroatoms. The number of likely N-dealkylation sites (tertiary alicyclic amines) is 1. The van der Waals surface area contributed by atoms with Crippen molar-refractivity contribution in [3.8, 4) is 0 Å². The van der Waals surface area contributed by atoms with Crippen molar-refractivity contribution in [3.05, 3.63) is 0 Å². The number of rotatable bonds is 1. The zero-order valence-electron chi connectivity index (χ0n) is 11.9. The van der Waals surface area contributed by atoms with Gasteiger partial charge in [-0.2, -0.15) is 0 Å². The maximum Gasteiger partial charge on any atom is 0.00722 e. The molecule has 0 aromatic heterocycles. The van der Waals surface area contributed by atoms with Crippen molar-refractivity contribution in [3.63, 3.8) is 0 Å². The minimum Gasteiger partial charge on any atom is -0.298 e. The molecule has 92 valence electrons. The zero-order chi connectivity index (χ0) is 12.0. The number of hydrogen-bond donors (Lipinski definition) is 0. The van der Waals surface area contributed by atoms with E-state index in [1.165, 1.54) is 19.4 Å². The lowest BCUT2D eigenvalue weighted by atomic mass is 9.95. The SMILES string of the molecule is CC.CC1C[C@H](C)CN(C(C)C)[C@H](C)C1. The van der Waals surface area contributed by atoms with Crippen LogP contribution in [0.25, 0.3) is 0 Å². The molecule has 0 aromatic carbocycles. The Morgan fingerprint density at radius 3 is 1.93 bits per heavy atom. The number of hydrogen-bond acceptors (Lipinski definition) is 1. The van der Waals surface area contributed by atoms with Gasteiger partial charge in [0.25, 0.3) is 0 Å². The highest BCUT2D eigenvalue weighted by Crippen LogP contribution is 2.26. The summed E-state index contributed by atoms with van der Waals surface area (Å²) in [7, 11) is 0. The van der Waals surface area contributed by atoms with E-state index in [0.717, 1.165) is 17.9 Å². The average molecular weight is 213 g/mol. The van der Waals surface area contributed by atoms with Gasteiger partial charge in [-0.3, -0.25) is 4.90 Å². The van der Waals surface area contributed by atoms with Gasteiger partial charge in [-0.05, 0) is 45.4 Å². The molecule has 3 atom stereocenters. The molecular formula is C14H31N. The van der Waals surface area contributed by atoms with Gasteiger partial charge in [0.2, 0.25) is 0 Å². The molecule has 0 aromatic rings. The van der Waals surface area contributed by atoms with Crippen LogP contribution in [-0.2, 0) is 0 Å². The van der Waals surface area contributed by atoms with Gasteiger partial charge in [0.05, 0.1) is 0 Å². The molecule has 1 aliphatic heterocycles. The molecule has 0 bridgehead atoms. The van der Waals surface area contributed by atoms with E-state index >= 15 is 0 Å². The van der Waals surface area contributed by atoms with Gasteiger partial charge in [0.15, 0.2) is 0 Å². The molecule has 0 radical (unpaired) electrons. The Morgan fingerprint density at radius 2 is 1.47 bits per heavy atom. The van der Waals surface area contributed by atoms with Crippen molar-refractivity contribution in [2.24, 2.45) is 11.8 Å². The molecule has 1 heterocycles. The van der Waals surface area contributed by atoms with Gasteiger partial charge in [0, 0.05) is 18.6 Å². The highest BCUT2D eigenvalue weighted by Gasteiger charge is 2.25. The second kappa shape index (κ2) is 7.27. The third kappa shape index (κ3) is 5.01. The van der Waals surface area contributed by atoms with Crippen LogP contribution in [-0.4, -0.2) is 23.5 Å². The Labute approximate surface area is 97.2 Å². The van der Waals surface area contributed by atoms with Crippen LogP contribution < -0.4 is 0 Å². The molecule has 1 aliphatic rings. The fourth-order valence-corrected chi connectivity index (χ4v) is 2.83. The summed E-state index contributed by atoms with van der Waals surface area (Å²) in [6.45, 7) is 17.1. The van der Waals surface area contributed by atoms with Crippen LogP contribution in [0.1, 0.15) is 61.3 Å². The van der Waals surface area contributed by atoms with E-state index in [1.54, 1.807) is 0 Å².